The van der Waals surface area contributed by atoms with Crippen molar-refractivity contribution >= 4 is 23.3 Å². The summed E-state index contributed by atoms with van der Waals surface area (Å²) in [6, 6.07) is 2.61. The minimum absolute atomic E-state index is 0.0248. The van der Waals surface area contributed by atoms with E-state index in [2.05, 4.69) is 10.0 Å². The minimum Gasteiger partial charge on any atom is -0.444 e. The summed E-state index contributed by atoms with van der Waals surface area (Å²) in [6.07, 6.45) is 1.34. The summed E-state index contributed by atoms with van der Waals surface area (Å²) in [5.41, 5.74) is 8.01. The first-order valence-corrected chi connectivity index (χ1v) is 7.46. The number of hydrogen-bond acceptors (Lipinski definition) is 5. The van der Waals surface area contributed by atoms with E-state index < -0.39 is 23.8 Å². The van der Waals surface area contributed by atoms with Gasteiger partial charge in [-0.3, -0.25) is 9.69 Å². The molecule has 0 radical (unpaired) electrons. The first-order chi connectivity index (χ1) is 12.0. The summed E-state index contributed by atoms with van der Waals surface area (Å²) in [5, 5.41) is 3.30. The number of carbonyl (C=O) groups is 2. The Hall–Kier alpha value is -3.13. The van der Waals surface area contributed by atoms with Crippen LogP contribution in [0.2, 0.25) is 0 Å². The Morgan fingerprint density at radius 2 is 2.00 bits per heavy atom. The summed E-state index contributed by atoms with van der Waals surface area (Å²) in [4.78, 5) is 28.0. The van der Waals surface area contributed by atoms with Crippen molar-refractivity contribution in [3.8, 4) is 0 Å². The normalized spacial score (nSPS) is 19.8. The Morgan fingerprint density at radius 3 is 2.68 bits per heavy atom. The third kappa shape index (κ3) is 3.24. The van der Waals surface area contributed by atoms with Gasteiger partial charge < -0.3 is 9.64 Å². The fourth-order valence-corrected chi connectivity index (χ4v) is 2.66. The van der Waals surface area contributed by atoms with Crippen LogP contribution in [0.4, 0.5) is 25.0 Å². The van der Waals surface area contributed by atoms with Crippen molar-refractivity contribution in [1.82, 2.24) is 0 Å². The van der Waals surface area contributed by atoms with Gasteiger partial charge >= 0.3 is 6.09 Å². The number of allylic oxidation sites excluding steroid dienone is 1. The van der Waals surface area contributed by atoms with Gasteiger partial charge in [0.1, 0.15) is 6.10 Å². The third-order valence-electron chi connectivity index (χ3n) is 3.90. The molecule has 2 aliphatic rings. The number of cyclic esters (lactones) is 1. The number of amides is 1. The lowest BCUT2D eigenvalue weighted by Gasteiger charge is -2.24. The lowest BCUT2D eigenvalue weighted by molar-refractivity contribution is -0.114. The second-order valence-corrected chi connectivity index (χ2v) is 5.49. The smallest absolute Gasteiger partial charge is 0.414 e. The van der Waals surface area contributed by atoms with E-state index in [4.69, 9.17) is 10.3 Å². The van der Waals surface area contributed by atoms with Gasteiger partial charge in [-0.25, -0.2) is 13.6 Å². The van der Waals surface area contributed by atoms with Crippen molar-refractivity contribution in [2.45, 2.75) is 12.5 Å². The summed E-state index contributed by atoms with van der Waals surface area (Å²) in [7, 11) is 0. The van der Waals surface area contributed by atoms with Crippen molar-refractivity contribution in [2.24, 2.45) is 5.11 Å². The number of nitrogens with zero attached hydrogens (tertiary/aromatic N) is 5. The quantitative estimate of drug-likeness (QED) is 0.474. The molecule has 0 aromatic heterocycles. The molecular formula is C15H13F2N5O3. The standard InChI is InChI=1S/C15H13F2N5O3/c16-13-11(21-5-3-9(23)4-6-21)1-2-12(14(13)17)22-8-10(7-19-20-18)25-15(22)24/h1-3,5,10H,4,6-8H2/t10-/m0/s1. The molecule has 0 N–H and O–H groups in total. The topological polar surface area (TPSA) is 98.6 Å². The lowest BCUT2D eigenvalue weighted by atomic mass is 10.1. The molecule has 0 unspecified atom stereocenters. The van der Waals surface area contributed by atoms with Crippen LogP contribution in [0.1, 0.15) is 6.42 Å². The molecule has 2 heterocycles. The van der Waals surface area contributed by atoms with Gasteiger partial charge in [-0.05, 0) is 23.7 Å². The lowest BCUT2D eigenvalue weighted by Crippen LogP contribution is -2.28. The van der Waals surface area contributed by atoms with E-state index in [1.165, 1.54) is 29.3 Å². The first kappa shape index (κ1) is 16.7. The van der Waals surface area contributed by atoms with Crippen molar-refractivity contribution in [1.29, 1.82) is 0 Å². The molecule has 2 aliphatic heterocycles. The maximum Gasteiger partial charge on any atom is 0.414 e. The predicted octanol–water partition coefficient (Wildman–Crippen LogP) is 2.89. The molecule has 130 valence electrons. The Kier molecular flexibility index (Phi) is 4.53. The molecule has 0 saturated carbocycles. The van der Waals surface area contributed by atoms with Crippen LogP contribution in [0.3, 0.4) is 0 Å². The van der Waals surface area contributed by atoms with Gasteiger partial charge in [0.15, 0.2) is 17.4 Å². The van der Waals surface area contributed by atoms with Gasteiger partial charge in [-0.1, -0.05) is 5.11 Å². The molecule has 8 nitrogen and oxygen atoms in total. The molecule has 25 heavy (non-hydrogen) atoms. The van der Waals surface area contributed by atoms with Gasteiger partial charge in [0.25, 0.3) is 0 Å². The summed E-state index contributed by atoms with van der Waals surface area (Å²) >= 11 is 0. The van der Waals surface area contributed by atoms with E-state index in [-0.39, 0.29) is 43.2 Å². The van der Waals surface area contributed by atoms with Crippen molar-refractivity contribution < 1.29 is 23.1 Å². The van der Waals surface area contributed by atoms with Crippen LogP contribution in [0.15, 0.2) is 29.5 Å². The van der Waals surface area contributed by atoms with Gasteiger partial charge in [0.2, 0.25) is 0 Å². The van der Waals surface area contributed by atoms with E-state index in [1.807, 2.05) is 0 Å². The maximum atomic E-state index is 14.5. The molecule has 0 spiro atoms. The molecule has 0 aliphatic carbocycles. The van der Waals surface area contributed by atoms with Crippen molar-refractivity contribution in [3.63, 3.8) is 0 Å². The van der Waals surface area contributed by atoms with Crippen LogP contribution in [0.25, 0.3) is 10.4 Å². The van der Waals surface area contributed by atoms with Gasteiger partial charge in [-0.15, -0.1) is 0 Å². The van der Waals surface area contributed by atoms with E-state index >= 15 is 0 Å². The molecule has 0 bridgehead atoms. The van der Waals surface area contributed by atoms with E-state index in [9.17, 15) is 18.4 Å². The molecule has 1 amide bonds. The first-order valence-electron chi connectivity index (χ1n) is 7.46. The predicted molar refractivity (Wildman–Crippen MR) is 84.1 cm³/mol. The van der Waals surface area contributed by atoms with Gasteiger partial charge in [-0.2, -0.15) is 0 Å². The molecule has 10 heteroatoms. The van der Waals surface area contributed by atoms with Crippen LogP contribution >= 0.6 is 0 Å². The van der Waals surface area contributed by atoms with Gasteiger partial charge in [0.05, 0.1) is 24.5 Å². The fourth-order valence-electron chi connectivity index (χ4n) is 2.66. The van der Waals surface area contributed by atoms with Crippen molar-refractivity contribution in [3.05, 3.63) is 46.5 Å². The van der Waals surface area contributed by atoms with E-state index in [1.54, 1.807) is 0 Å². The fraction of sp³-hybridized carbons (Fsp3) is 0.333. The van der Waals surface area contributed by atoms with E-state index in [0.717, 1.165) is 4.90 Å². The highest BCUT2D eigenvalue weighted by Crippen LogP contribution is 2.32. The minimum atomic E-state index is -1.19. The van der Waals surface area contributed by atoms with Crippen LogP contribution in [0.5, 0.6) is 0 Å². The largest absolute Gasteiger partial charge is 0.444 e. The third-order valence-corrected chi connectivity index (χ3v) is 3.90. The highest BCUT2D eigenvalue weighted by Gasteiger charge is 2.34. The molecule has 1 atom stereocenters. The summed E-state index contributed by atoms with van der Waals surface area (Å²) in [6.45, 7) is 0.101. The number of halogens is 2. The average molecular weight is 349 g/mol. The Bertz CT molecular complexity index is 807. The van der Waals surface area contributed by atoms with Gasteiger partial charge in [0, 0.05) is 24.1 Å². The molecule has 3 rings (SSSR count). The summed E-state index contributed by atoms with van der Waals surface area (Å²) in [5.74, 6) is -2.40. The number of carbonyl (C=O) groups excluding carboxylic acids is 2. The number of azide groups is 1. The van der Waals surface area contributed by atoms with Crippen molar-refractivity contribution in [2.75, 3.05) is 29.4 Å². The molecule has 1 fully saturated rings. The van der Waals surface area contributed by atoms with Crippen LogP contribution in [-0.2, 0) is 9.53 Å². The zero-order valence-corrected chi connectivity index (χ0v) is 12.9. The zero-order chi connectivity index (χ0) is 18.0. The Labute approximate surface area is 140 Å². The molecule has 1 aromatic rings. The number of ketones is 1. The van der Waals surface area contributed by atoms with Crippen LogP contribution in [-0.4, -0.2) is 37.6 Å². The summed E-state index contributed by atoms with van der Waals surface area (Å²) < 4.78 is 33.9. The zero-order valence-electron chi connectivity index (χ0n) is 12.9. The van der Waals surface area contributed by atoms with Crippen LogP contribution < -0.4 is 9.80 Å². The highest BCUT2D eigenvalue weighted by molar-refractivity contribution is 5.92. The maximum absolute atomic E-state index is 14.5. The molecule has 1 aromatic carbocycles. The molecular weight excluding hydrogens is 336 g/mol. The highest BCUT2D eigenvalue weighted by atomic mass is 19.2. The number of rotatable bonds is 4. The Morgan fingerprint density at radius 1 is 1.28 bits per heavy atom. The number of benzene rings is 1. The number of ether oxygens (including phenoxy) is 1. The van der Waals surface area contributed by atoms with E-state index in [0.29, 0.717) is 0 Å². The number of hydrogen-bond donors (Lipinski definition) is 0. The SMILES string of the molecule is [N-]=[N+]=NC[C@H]1CN(c2ccc(N3C=CC(=O)CC3)c(F)c2F)C(=O)O1. The second-order valence-electron chi connectivity index (χ2n) is 5.49. The second kappa shape index (κ2) is 6.78. The van der Waals surface area contributed by atoms with Crippen LogP contribution in [0, 0.1) is 11.6 Å². The monoisotopic (exact) mass is 349 g/mol. The average Bonchev–Trinajstić information content (AvgIpc) is 2.97. The molecule has 1 saturated heterocycles. The number of anilines is 2. The Balaban J connectivity index is 1.85.